The van der Waals surface area contributed by atoms with Crippen molar-refractivity contribution in [3.8, 4) is 0 Å². The van der Waals surface area contributed by atoms with Crippen LogP contribution in [0, 0.1) is 5.82 Å². The standard InChI is InChI=1S/C16H14ClFN2O/c17-15-13(8-11(18)9-19-15)16(21)20-14-7-3-5-10-4-1-2-6-12(10)14/h1-2,4,6,8-9,14H,3,5,7H2,(H,20,21). The second-order valence-corrected chi connectivity index (χ2v) is 5.47. The average Bonchev–Trinajstić information content (AvgIpc) is 2.50. The summed E-state index contributed by atoms with van der Waals surface area (Å²) in [7, 11) is 0. The van der Waals surface area contributed by atoms with E-state index < -0.39 is 11.7 Å². The summed E-state index contributed by atoms with van der Waals surface area (Å²) in [4.78, 5) is 16.0. The Balaban J connectivity index is 1.84. The molecule has 108 valence electrons. The van der Waals surface area contributed by atoms with Gasteiger partial charge in [-0.2, -0.15) is 0 Å². The van der Waals surface area contributed by atoms with Crippen LogP contribution in [-0.4, -0.2) is 10.9 Å². The van der Waals surface area contributed by atoms with Crippen molar-refractivity contribution in [3.05, 3.63) is 64.2 Å². The lowest BCUT2D eigenvalue weighted by Gasteiger charge is -2.26. The van der Waals surface area contributed by atoms with E-state index in [-0.39, 0.29) is 16.8 Å². The first-order valence-electron chi connectivity index (χ1n) is 6.85. The lowest BCUT2D eigenvalue weighted by atomic mass is 9.87. The molecule has 21 heavy (non-hydrogen) atoms. The molecular formula is C16H14ClFN2O. The summed E-state index contributed by atoms with van der Waals surface area (Å²) in [5.41, 5.74) is 2.44. The van der Waals surface area contributed by atoms with Gasteiger partial charge in [0.25, 0.3) is 5.91 Å². The highest BCUT2D eigenvalue weighted by Crippen LogP contribution is 2.30. The molecule has 3 rings (SSSR count). The van der Waals surface area contributed by atoms with Gasteiger partial charge in [-0.25, -0.2) is 9.37 Å². The molecule has 2 aromatic rings. The van der Waals surface area contributed by atoms with Crippen LogP contribution in [0.2, 0.25) is 5.15 Å². The maximum atomic E-state index is 13.2. The molecule has 0 bridgehead atoms. The second-order valence-electron chi connectivity index (χ2n) is 5.11. The Morgan fingerprint density at radius 1 is 1.38 bits per heavy atom. The molecule has 1 heterocycles. The number of carbonyl (C=O) groups is 1. The number of benzene rings is 1. The maximum absolute atomic E-state index is 13.2. The fourth-order valence-electron chi connectivity index (χ4n) is 2.72. The third kappa shape index (κ3) is 2.90. The monoisotopic (exact) mass is 304 g/mol. The van der Waals surface area contributed by atoms with Crippen LogP contribution in [0.4, 0.5) is 4.39 Å². The number of halogens is 2. The summed E-state index contributed by atoms with van der Waals surface area (Å²) in [5.74, 6) is -0.970. The van der Waals surface area contributed by atoms with E-state index in [0.717, 1.165) is 37.1 Å². The minimum atomic E-state index is -0.575. The van der Waals surface area contributed by atoms with Crippen LogP contribution in [-0.2, 0) is 6.42 Å². The quantitative estimate of drug-likeness (QED) is 0.860. The Morgan fingerprint density at radius 2 is 2.19 bits per heavy atom. The number of amides is 1. The Bertz CT molecular complexity index is 690. The predicted molar refractivity (Wildman–Crippen MR) is 78.8 cm³/mol. The van der Waals surface area contributed by atoms with Crippen molar-refractivity contribution >= 4 is 17.5 Å². The van der Waals surface area contributed by atoms with Crippen LogP contribution in [0.5, 0.6) is 0 Å². The smallest absolute Gasteiger partial charge is 0.254 e. The summed E-state index contributed by atoms with van der Waals surface area (Å²) < 4.78 is 13.2. The highest BCUT2D eigenvalue weighted by Gasteiger charge is 2.23. The molecule has 1 aliphatic carbocycles. The van der Waals surface area contributed by atoms with Crippen LogP contribution < -0.4 is 5.32 Å². The van der Waals surface area contributed by atoms with E-state index in [9.17, 15) is 9.18 Å². The molecular weight excluding hydrogens is 291 g/mol. The summed E-state index contributed by atoms with van der Waals surface area (Å²) in [6.45, 7) is 0. The van der Waals surface area contributed by atoms with E-state index in [1.54, 1.807) is 0 Å². The van der Waals surface area contributed by atoms with Gasteiger partial charge < -0.3 is 5.32 Å². The molecule has 1 aromatic carbocycles. The second kappa shape index (κ2) is 5.82. The summed E-state index contributed by atoms with van der Waals surface area (Å²) in [6.07, 6.45) is 3.89. The predicted octanol–water partition coefficient (Wildman–Crippen LogP) is 3.68. The zero-order valence-electron chi connectivity index (χ0n) is 11.3. The van der Waals surface area contributed by atoms with Crippen molar-refractivity contribution in [2.45, 2.75) is 25.3 Å². The van der Waals surface area contributed by atoms with Crippen LogP contribution in [0.15, 0.2) is 36.5 Å². The molecule has 1 aromatic heterocycles. The van der Waals surface area contributed by atoms with E-state index in [2.05, 4.69) is 16.4 Å². The number of aromatic nitrogens is 1. The molecule has 0 saturated carbocycles. The minimum Gasteiger partial charge on any atom is -0.345 e. The van der Waals surface area contributed by atoms with E-state index >= 15 is 0 Å². The van der Waals surface area contributed by atoms with Crippen molar-refractivity contribution in [3.63, 3.8) is 0 Å². The number of hydrogen-bond acceptors (Lipinski definition) is 2. The van der Waals surface area contributed by atoms with Crippen LogP contribution >= 0.6 is 11.6 Å². The largest absolute Gasteiger partial charge is 0.345 e. The van der Waals surface area contributed by atoms with Gasteiger partial charge in [0.1, 0.15) is 11.0 Å². The van der Waals surface area contributed by atoms with Crippen LogP contribution in [0.3, 0.4) is 0 Å². The maximum Gasteiger partial charge on any atom is 0.254 e. The number of hydrogen-bond donors (Lipinski definition) is 1. The molecule has 0 fully saturated rings. The molecule has 1 N–H and O–H groups in total. The summed E-state index contributed by atoms with van der Waals surface area (Å²) in [5, 5.41) is 2.94. The molecule has 0 spiro atoms. The van der Waals surface area contributed by atoms with Crippen LogP contribution in [0.1, 0.15) is 40.4 Å². The topological polar surface area (TPSA) is 42.0 Å². The zero-order valence-corrected chi connectivity index (χ0v) is 12.0. The molecule has 1 aliphatic rings. The highest BCUT2D eigenvalue weighted by molar-refractivity contribution is 6.32. The van der Waals surface area contributed by atoms with E-state index in [1.165, 1.54) is 5.56 Å². The Kier molecular flexibility index (Phi) is 3.88. The van der Waals surface area contributed by atoms with Gasteiger partial charge in [0.05, 0.1) is 17.8 Å². The molecule has 0 saturated heterocycles. The number of rotatable bonds is 2. The van der Waals surface area contributed by atoms with Gasteiger partial charge in [-0.3, -0.25) is 4.79 Å². The van der Waals surface area contributed by atoms with Gasteiger partial charge in [-0.1, -0.05) is 35.9 Å². The van der Waals surface area contributed by atoms with Crippen molar-refractivity contribution < 1.29 is 9.18 Å². The Labute approximate surface area is 127 Å². The molecule has 3 nitrogen and oxygen atoms in total. The first-order chi connectivity index (χ1) is 10.1. The molecule has 1 unspecified atom stereocenters. The van der Waals surface area contributed by atoms with Gasteiger partial charge in [-0.05, 0) is 36.5 Å². The number of nitrogens with one attached hydrogen (secondary N) is 1. The average molecular weight is 305 g/mol. The molecule has 5 heteroatoms. The van der Waals surface area contributed by atoms with E-state index in [1.807, 2.05) is 18.2 Å². The van der Waals surface area contributed by atoms with E-state index in [0.29, 0.717) is 0 Å². The number of nitrogens with zero attached hydrogens (tertiary/aromatic N) is 1. The van der Waals surface area contributed by atoms with Crippen molar-refractivity contribution in [1.29, 1.82) is 0 Å². The van der Waals surface area contributed by atoms with Crippen LogP contribution in [0.25, 0.3) is 0 Å². The number of fused-ring (bicyclic) bond motifs is 1. The Morgan fingerprint density at radius 3 is 3.05 bits per heavy atom. The van der Waals surface area contributed by atoms with E-state index in [4.69, 9.17) is 11.6 Å². The van der Waals surface area contributed by atoms with Crippen molar-refractivity contribution in [2.24, 2.45) is 0 Å². The molecule has 1 atom stereocenters. The molecule has 0 aliphatic heterocycles. The van der Waals surface area contributed by atoms with Gasteiger partial charge in [0.15, 0.2) is 0 Å². The van der Waals surface area contributed by atoms with Gasteiger partial charge in [-0.15, -0.1) is 0 Å². The Hall–Kier alpha value is -1.94. The normalized spacial score (nSPS) is 17.1. The fraction of sp³-hybridized carbons (Fsp3) is 0.250. The lowest BCUT2D eigenvalue weighted by molar-refractivity contribution is 0.0932. The summed E-state index contributed by atoms with van der Waals surface area (Å²) >= 11 is 5.87. The third-order valence-electron chi connectivity index (χ3n) is 3.73. The number of pyridine rings is 1. The highest BCUT2D eigenvalue weighted by atomic mass is 35.5. The minimum absolute atomic E-state index is 0.0120. The molecule has 1 amide bonds. The molecule has 0 radical (unpaired) electrons. The lowest BCUT2D eigenvalue weighted by Crippen LogP contribution is -2.31. The van der Waals surface area contributed by atoms with Gasteiger partial charge >= 0.3 is 0 Å². The number of aryl methyl sites for hydroxylation is 1. The third-order valence-corrected chi connectivity index (χ3v) is 4.03. The zero-order chi connectivity index (χ0) is 14.8. The first-order valence-corrected chi connectivity index (χ1v) is 7.22. The van der Waals surface area contributed by atoms with Gasteiger partial charge in [0, 0.05) is 0 Å². The first kappa shape index (κ1) is 14.0. The number of carbonyl (C=O) groups excluding carboxylic acids is 1. The van der Waals surface area contributed by atoms with Crippen molar-refractivity contribution in [2.75, 3.05) is 0 Å². The SMILES string of the molecule is O=C(NC1CCCc2ccccc21)c1cc(F)cnc1Cl. The fourth-order valence-corrected chi connectivity index (χ4v) is 2.91. The van der Waals surface area contributed by atoms with Gasteiger partial charge in [0.2, 0.25) is 0 Å². The summed E-state index contributed by atoms with van der Waals surface area (Å²) in [6, 6.07) is 9.09. The van der Waals surface area contributed by atoms with Crippen molar-refractivity contribution in [1.82, 2.24) is 10.3 Å².